The van der Waals surface area contributed by atoms with Gasteiger partial charge in [0.1, 0.15) is 5.69 Å². The van der Waals surface area contributed by atoms with Crippen molar-refractivity contribution in [3.63, 3.8) is 0 Å². The van der Waals surface area contributed by atoms with E-state index in [9.17, 15) is 4.79 Å². The quantitative estimate of drug-likeness (QED) is 0.843. The summed E-state index contributed by atoms with van der Waals surface area (Å²) in [5.74, 6) is 0.660. The molecule has 2 unspecified atom stereocenters. The molecule has 2 rings (SSSR count). The van der Waals surface area contributed by atoms with Crippen molar-refractivity contribution in [1.29, 1.82) is 0 Å². The van der Waals surface area contributed by atoms with E-state index < -0.39 is 0 Å². The summed E-state index contributed by atoms with van der Waals surface area (Å²) in [5, 5.41) is 11.1. The molecular weight excluding hydrogens is 264 g/mol. The Labute approximate surface area is 127 Å². The first kappa shape index (κ1) is 16.0. The molecule has 1 aliphatic rings. The molecule has 0 radical (unpaired) electrons. The van der Waals surface area contributed by atoms with E-state index >= 15 is 0 Å². The first-order valence-corrected chi connectivity index (χ1v) is 8.27. The Morgan fingerprint density at radius 3 is 2.95 bits per heavy atom. The van der Waals surface area contributed by atoms with Crippen LogP contribution in [0.3, 0.4) is 0 Å². The maximum atomic E-state index is 12.4. The molecule has 1 saturated heterocycles. The summed E-state index contributed by atoms with van der Waals surface area (Å²) in [6.45, 7) is 8.78. The summed E-state index contributed by atoms with van der Waals surface area (Å²) in [7, 11) is 0. The van der Waals surface area contributed by atoms with Crippen LogP contribution < -0.4 is 10.6 Å². The Balaban J connectivity index is 1.96. The van der Waals surface area contributed by atoms with Crippen LogP contribution in [0.5, 0.6) is 0 Å². The summed E-state index contributed by atoms with van der Waals surface area (Å²) in [4.78, 5) is 12.4. The molecule has 1 fully saturated rings. The van der Waals surface area contributed by atoms with E-state index in [-0.39, 0.29) is 5.91 Å². The lowest BCUT2D eigenvalue weighted by Crippen LogP contribution is -2.48. The van der Waals surface area contributed by atoms with Gasteiger partial charge in [0.15, 0.2) is 0 Å². The Hall–Kier alpha value is -1.36. The van der Waals surface area contributed by atoms with Crippen molar-refractivity contribution in [2.45, 2.75) is 59.0 Å². The largest absolute Gasteiger partial charge is 0.349 e. The highest BCUT2D eigenvalue weighted by molar-refractivity contribution is 5.92. The van der Waals surface area contributed by atoms with Gasteiger partial charge in [-0.3, -0.25) is 9.48 Å². The number of carbonyl (C=O) groups excluding carboxylic acids is 1. The van der Waals surface area contributed by atoms with E-state index in [4.69, 9.17) is 0 Å². The molecule has 1 aliphatic heterocycles. The van der Waals surface area contributed by atoms with Crippen molar-refractivity contribution >= 4 is 5.91 Å². The molecule has 21 heavy (non-hydrogen) atoms. The molecule has 0 aromatic carbocycles. The second-order valence-electron chi connectivity index (χ2n) is 5.77. The van der Waals surface area contributed by atoms with Crippen molar-refractivity contribution in [3.8, 4) is 0 Å². The molecule has 0 aliphatic carbocycles. The molecule has 1 amide bonds. The predicted molar refractivity (Wildman–Crippen MR) is 84.4 cm³/mol. The Morgan fingerprint density at radius 1 is 1.48 bits per heavy atom. The van der Waals surface area contributed by atoms with Crippen molar-refractivity contribution < 1.29 is 4.79 Å². The van der Waals surface area contributed by atoms with Crippen molar-refractivity contribution in [2.24, 2.45) is 5.92 Å². The molecule has 5 heteroatoms. The van der Waals surface area contributed by atoms with Gasteiger partial charge in [-0.15, -0.1) is 0 Å². The molecule has 2 heterocycles. The molecule has 1 aromatic heterocycles. The minimum Gasteiger partial charge on any atom is -0.349 e. The molecule has 0 spiro atoms. The van der Waals surface area contributed by atoms with Crippen LogP contribution in [-0.4, -0.2) is 34.8 Å². The monoisotopic (exact) mass is 292 g/mol. The predicted octanol–water partition coefficient (Wildman–Crippen LogP) is 1.97. The third kappa shape index (κ3) is 3.84. The highest BCUT2D eigenvalue weighted by Crippen LogP contribution is 2.19. The SMILES string of the molecule is CCc1cc(C(=O)NCC2NCCCC2CC)n(CC)n1. The van der Waals surface area contributed by atoms with Crippen LogP contribution in [0.2, 0.25) is 0 Å². The Bertz CT molecular complexity index is 469. The van der Waals surface area contributed by atoms with Gasteiger partial charge in [0.05, 0.1) is 5.69 Å². The lowest BCUT2D eigenvalue weighted by Gasteiger charge is -2.32. The number of piperidine rings is 1. The molecule has 118 valence electrons. The normalized spacial score (nSPS) is 22.2. The van der Waals surface area contributed by atoms with Gasteiger partial charge < -0.3 is 10.6 Å². The molecule has 0 saturated carbocycles. The Morgan fingerprint density at radius 2 is 2.29 bits per heavy atom. The molecule has 2 N–H and O–H groups in total. The topological polar surface area (TPSA) is 59.0 Å². The van der Waals surface area contributed by atoms with E-state index in [0.29, 0.717) is 24.2 Å². The van der Waals surface area contributed by atoms with E-state index in [1.807, 2.05) is 13.0 Å². The van der Waals surface area contributed by atoms with Crippen LogP contribution >= 0.6 is 0 Å². The number of aromatic nitrogens is 2. The number of amides is 1. The van der Waals surface area contributed by atoms with E-state index in [0.717, 1.165) is 25.2 Å². The van der Waals surface area contributed by atoms with Crippen LogP contribution in [0, 0.1) is 5.92 Å². The summed E-state index contributed by atoms with van der Waals surface area (Å²) < 4.78 is 1.79. The van der Waals surface area contributed by atoms with Crippen molar-refractivity contribution in [3.05, 3.63) is 17.5 Å². The number of hydrogen-bond donors (Lipinski definition) is 2. The van der Waals surface area contributed by atoms with Gasteiger partial charge in [-0.05, 0) is 44.7 Å². The third-order valence-electron chi connectivity index (χ3n) is 4.46. The highest BCUT2D eigenvalue weighted by atomic mass is 16.2. The molecular formula is C16H28N4O. The zero-order chi connectivity index (χ0) is 15.2. The van der Waals surface area contributed by atoms with E-state index in [2.05, 4.69) is 29.6 Å². The lowest BCUT2D eigenvalue weighted by molar-refractivity contribution is 0.0931. The van der Waals surface area contributed by atoms with E-state index in [1.54, 1.807) is 4.68 Å². The molecule has 0 bridgehead atoms. The zero-order valence-corrected chi connectivity index (χ0v) is 13.5. The van der Waals surface area contributed by atoms with Gasteiger partial charge in [-0.25, -0.2) is 0 Å². The number of nitrogens with one attached hydrogen (secondary N) is 2. The number of nitrogens with zero attached hydrogens (tertiary/aromatic N) is 2. The summed E-state index contributed by atoms with van der Waals surface area (Å²) >= 11 is 0. The fraction of sp³-hybridized carbons (Fsp3) is 0.750. The van der Waals surface area contributed by atoms with Gasteiger partial charge in [0.2, 0.25) is 0 Å². The number of hydrogen-bond acceptors (Lipinski definition) is 3. The third-order valence-corrected chi connectivity index (χ3v) is 4.46. The Kier molecular flexibility index (Phi) is 5.79. The zero-order valence-electron chi connectivity index (χ0n) is 13.5. The summed E-state index contributed by atoms with van der Waals surface area (Å²) in [5.41, 5.74) is 1.66. The van der Waals surface area contributed by atoms with Gasteiger partial charge in [-0.2, -0.15) is 5.10 Å². The second kappa shape index (κ2) is 7.59. The standard InChI is InChI=1S/C16H28N4O/c1-4-12-8-7-9-17-14(12)11-18-16(21)15-10-13(5-2)19-20(15)6-3/h10,12,14,17H,4-9,11H2,1-3H3,(H,18,21). The fourth-order valence-corrected chi connectivity index (χ4v) is 3.11. The van der Waals surface area contributed by atoms with Crippen LogP contribution in [0.25, 0.3) is 0 Å². The minimum absolute atomic E-state index is 0.00808. The smallest absolute Gasteiger partial charge is 0.269 e. The molecule has 1 aromatic rings. The minimum atomic E-state index is -0.00808. The van der Waals surface area contributed by atoms with Crippen molar-refractivity contribution in [2.75, 3.05) is 13.1 Å². The van der Waals surface area contributed by atoms with E-state index in [1.165, 1.54) is 19.3 Å². The van der Waals surface area contributed by atoms with Crippen molar-refractivity contribution in [1.82, 2.24) is 20.4 Å². The number of carbonyl (C=O) groups is 1. The van der Waals surface area contributed by atoms with Gasteiger partial charge in [0, 0.05) is 19.1 Å². The van der Waals surface area contributed by atoms with Gasteiger partial charge in [0.25, 0.3) is 5.91 Å². The maximum absolute atomic E-state index is 12.4. The van der Waals surface area contributed by atoms with Crippen LogP contribution in [0.4, 0.5) is 0 Å². The van der Waals surface area contributed by atoms with Crippen LogP contribution in [-0.2, 0) is 13.0 Å². The molecule has 5 nitrogen and oxygen atoms in total. The second-order valence-corrected chi connectivity index (χ2v) is 5.77. The summed E-state index contributed by atoms with van der Waals surface area (Å²) in [6, 6.07) is 2.31. The van der Waals surface area contributed by atoms with Crippen LogP contribution in [0.15, 0.2) is 6.07 Å². The van der Waals surface area contributed by atoms with Gasteiger partial charge >= 0.3 is 0 Å². The van der Waals surface area contributed by atoms with Crippen LogP contribution in [0.1, 0.15) is 56.2 Å². The highest BCUT2D eigenvalue weighted by Gasteiger charge is 2.24. The fourth-order valence-electron chi connectivity index (χ4n) is 3.11. The average Bonchev–Trinajstić information content (AvgIpc) is 2.96. The number of aryl methyl sites for hydroxylation is 2. The maximum Gasteiger partial charge on any atom is 0.269 e. The number of rotatable bonds is 6. The first-order chi connectivity index (χ1) is 10.2. The summed E-state index contributed by atoms with van der Waals surface area (Å²) in [6.07, 6.45) is 4.53. The first-order valence-electron chi connectivity index (χ1n) is 8.27. The lowest BCUT2D eigenvalue weighted by atomic mass is 9.88. The average molecular weight is 292 g/mol. The van der Waals surface area contributed by atoms with Gasteiger partial charge in [-0.1, -0.05) is 20.3 Å². The molecule has 2 atom stereocenters.